The molecule has 0 N–H and O–H groups in total. The Labute approximate surface area is 137 Å². The van der Waals surface area contributed by atoms with Gasteiger partial charge in [-0.3, -0.25) is 0 Å². The monoisotopic (exact) mass is 454 g/mol. The third-order valence-electron chi connectivity index (χ3n) is 1.93. The second-order valence-electron chi connectivity index (χ2n) is 3.44. The lowest BCUT2D eigenvalue weighted by molar-refractivity contribution is -0.00890. The zero-order valence-electron chi connectivity index (χ0n) is 11.3. The summed E-state index contributed by atoms with van der Waals surface area (Å²) < 4.78 is 27.5. The number of rotatable bonds is 16. The van der Waals surface area contributed by atoms with Gasteiger partial charge in [-0.15, -0.1) is 0 Å². The van der Waals surface area contributed by atoms with Crippen LogP contribution in [-0.4, -0.2) is 75.8 Å². The SMILES string of the molecule is BrCCOCCOCCOCCOCCOCCI. The highest BCUT2D eigenvalue weighted by atomic mass is 127. The van der Waals surface area contributed by atoms with E-state index in [2.05, 4.69) is 38.5 Å². The first-order valence-electron chi connectivity index (χ1n) is 6.42. The van der Waals surface area contributed by atoms with Crippen molar-refractivity contribution in [1.29, 1.82) is 0 Å². The van der Waals surface area contributed by atoms with Crippen molar-refractivity contribution in [3.63, 3.8) is 0 Å². The summed E-state index contributed by atoms with van der Waals surface area (Å²) in [4.78, 5) is 0. The van der Waals surface area contributed by atoms with Gasteiger partial charge in [0.2, 0.25) is 0 Å². The van der Waals surface area contributed by atoms with Gasteiger partial charge in [-0.1, -0.05) is 38.5 Å². The molecule has 0 aliphatic rings. The predicted molar refractivity (Wildman–Crippen MR) is 86.8 cm³/mol. The van der Waals surface area contributed by atoms with Crippen LogP contribution in [-0.2, 0) is 23.7 Å². The lowest BCUT2D eigenvalue weighted by Crippen LogP contribution is -2.13. The Bertz CT molecular complexity index is 149. The summed E-state index contributed by atoms with van der Waals surface area (Å²) >= 11 is 5.56. The zero-order valence-corrected chi connectivity index (χ0v) is 15.0. The lowest BCUT2D eigenvalue weighted by atomic mass is 10.7. The number of hydrogen-bond donors (Lipinski definition) is 0. The Balaban J connectivity index is 2.88. The van der Waals surface area contributed by atoms with E-state index in [4.69, 9.17) is 23.7 Å². The second kappa shape index (κ2) is 19.0. The van der Waals surface area contributed by atoms with Crippen LogP contribution in [0.1, 0.15) is 0 Å². The average molecular weight is 455 g/mol. The molecule has 0 saturated heterocycles. The highest BCUT2D eigenvalue weighted by Crippen LogP contribution is 1.86. The van der Waals surface area contributed by atoms with E-state index in [0.717, 1.165) is 23.0 Å². The van der Waals surface area contributed by atoms with Gasteiger partial charge in [0.25, 0.3) is 0 Å². The molecular weight excluding hydrogens is 431 g/mol. The Morgan fingerprint density at radius 3 is 1.16 bits per heavy atom. The summed E-state index contributed by atoms with van der Waals surface area (Å²) in [6.45, 7) is 6.41. The van der Waals surface area contributed by atoms with Crippen LogP contribution in [0.4, 0.5) is 0 Å². The van der Waals surface area contributed by atoms with E-state index < -0.39 is 0 Å². The first-order chi connectivity index (χ1) is 9.41. The molecule has 0 bridgehead atoms. The van der Waals surface area contributed by atoms with Gasteiger partial charge in [0.1, 0.15) is 0 Å². The van der Waals surface area contributed by atoms with Gasteiger partial charge in [0.15, 0.2) is 0 Å². The van der Waals surface area contributed by atoms with Gasteiger partial charge in [-0.05, 0) is 0 Å². The standard InChI is InChI=1S/C12H24BrIO5/c13-1-3-15-5-7-17-9-11-19-12-10-18-8-6-16-4-2-14/h1-12H2. The molecule has 0 heterocycles. The molecule has 0 aromatic heterocycles. The van der Waals surface area contributed by atoms with Gasteiger partial charge in [0.05, 0.1) is 66.1 Å². The largest absolute Gasteiger partial charge is 0.378 e. The maximum atomic E-state index is 5.35. The van der Waals surface area contributed by atoms with Crippen LogP contribution >= 0.6 is 38.5 Å². The van der Waals surface area contributed by atoms with Gasteiger partial charge < -0.3 is 23.7 Å². The van der Waals surface area contributed by atoms with Gasteiger partial charge >= 0.3 is 0 Å². The van der Waals surface area contributed by atoms with E-state index in [1.165, 1.54) is 0 Å². The van der Waals surface area contributed by atoms with Crippen molar-refractivity contribution in [3.8, 4) is 0 Å². The molecular formula is C12H24BrIO5. The van der Waals surface area contributed by atoms with Crippen molar-refractivity contribution in [2.45, 2.75) is 0 Å². The van der Waals surface area contributed by atoms with Crippen LogP contribution in [0.25, 0.3) is 0 Å². The van der Waals surface area contributed by atoms with E-state index in [-0.39, 0.29) is 0 Å². The highest BCUT2D eigenvalue weighted by molar-refractivity contribution is 14.1. The predicted octanol–water partition coefficient (Wildman–Crippen LogP) is 1.90. The van der Waals surface area contributed by atoms with Crippen molar-refractivity contribution in [3.05, 3.63) is 0 Å². The van der Waals surface area contributed by atoms with Crippen molar-refractivity contribution < 1.29 is 23.7 Å². The summed E-state index contributed by atoms with van der Waals surface area (Å²) in [5, 5.41) is 0.860. The molecule has 0 aromatic rings. The number of ether oxygens (including phenoxy) is 5. The molecule has 0 rings (SSSR count). The molecule has 0 aromatic carbocycles. The molecule has 5 nitrogen and oxygen atoms in total. The lowest BCUT2D eigenvalue weighted by Gasteiger charge is -2.07. The van der Waals surface area contributed by atoms with Crippen LogP contribution in [0.2, 0.25) is 0 Å². The molecule has 0 spiro atoms. The third kappa shape index (κ3) is 19.0. The minimum Gasteiger partial charge on any atom is -0.378 e. The summed E-state index contributed by atoms with van der Waals surface area (Å²) in [7, 11) is 0. The van der Waals surface area contributed by atoms with E-state index >= 15 is 0 Å². The fraction of sp³-hybridized carbons (Fsp3) is 1.00. The van der Waals surface area contributed by atoms with Crippen LogP contribution in [0.15, 0.2) is 0 Å². The van der Waals surface area contributed by atoms with Gasteiger partial charge in [-0.2, -0.15) is 0 Å². The molecule has 19 heavy (non-hydrogen) atoms. The van der Waals surface area contributed by atoms with Crippen LogP contribution in [0, 0.1) is 0 Å². The normalized spacial score (nSPS) is 11.1. The second-order valence-corrected chi connectivity index (χ2v) is 5.31. The molecule has 0 aliphatic carbocycles. The van der Waals surface area contributed by atoms with Crippen molar-refractivity contribution in [2.75, 3.05) is 75.8 Å². The quantitative estimate of drug-likeness (QED) is 0.202. The average Bonchev–Trinajstić information content (AvgIpc) is 2.43. The minimum atomic E-state index is 0.590. The zero-order chi connectivity index (χ0) is 14.0. The van der Waals surface area contributed by atoms with Crippen LogP contribution < -0.4 is 0 Å². The fourth-order valence-electron chi connectivity index (χ4n) is 1.09. The Morgan fingerprint density at radius 2 is 0.842 bits per heavy atom. The Kier molecular flexibility index (Phi) is 20.0. The summed E-state index contributed by atoms with van der Waals surface area (Å²) in [5.74, 6) is 0. The molecule has 0 aliphatic heterocycles. The smallest absolute Gasteiger partial charge is 0.0701 e. The van der Waals surface area contributed by atoms with Gasteiger partial charge in [0, 0.05) is 9.76 Å². The van der Waals surface area contributed by atoms with E-state index in [1.807, 2.05) is 0 Å². The summed E-state index contributed by atoms with van der Waals surface area (Å²) in [6, 6.07) is 0. The van der Waals surface area contributed by atoms with E-state index in [9.17, 15) is 0 Å². The van der Waals surface area contributed by atoms with Gasteiger partial charge in [-0.25, -0.2) is 0 Å². The first kappa shape index (κ1) is 20.0. The molecule has 0 radical (unpaired) electrons. The van der Waals surface area contributed by atoms with Crippen LogP contribution in [0.5, 0.6) is 0 Å². The highest BCUT2D eigenvalue weighted by Gasteiger charge is 1.92. The topological polar surface area (TPSA) is 46.2 Å². The molecule has 116 valence electrons. The van der Waals surface area contributed by atoms with Crippen LogP contribution in [0.3, 0.4) is 0 Å². The first-order valence-corrected chi connectivity index (χ1v) is 9.07. The maximum absolute atomic E-state index is 5.35. The molecule has 0 fully saturated rings. The number of hydrogen-bond acceptors (Lipinski definition) is 5. The number of halogens is 2. The molecule has 0 amide bonds. The maximum Gasteiger partial charge on any atom is 0.0701 e. The molecule has 0 unspecified atom stereocenters. The molecule has 7 heteroatoms. The van der Waals surface area contributed by atoms with Crippen molar-refractivity contribution >= 4 is 38.5 Å². The Morgan fingerprint density at radius 1 is 0.526 bits per heavy atom. The Hall–Kier alpha value is 1.01. The number of alkyl halides is 2. The molecule has 0 atom stereocenters. The van der Waals surface area contributed by atoms with E-state index in [1.54, 1.807) is 0 Å². The minimum absolute atomic E-state index is 0.590. The fourth-order valence-corrected chi connectivity index (χ4v) is 1.63. The van der Waals surface area contributed by atoms with E-state index in [0.29, 0.717) is 52.9 Å². The summed E-state index contributed by atoms with van der Waals surface area (Å²) in [6.07, 6.45) is 0. The van der Waals surface area contributed by atoms with Crippen molar-refractivity contribution in [1.82, 2.24) is 0 Å². The summed E-state index contributed by atoms with van der Waals surface area (Å²) in [5.41, 5.74) is 0. The molecule has 0 saturated carbocycles. The third-order valence-corrected chi connectivity index (χ3v) is 2.70. The van der Waals surface area contributed by atoms with Crippen molar-refractivity contribution in [2.24, 2.45) is 0 Å².